The van der Waals surface area contributed by atoms with E-state index >= 15 is 0 Å². The van der Waals surface area contributed by atoms with Crippen LogP contribution in [-0.4, -0.2) is 14.1 Å². The van der Waals surface area contributed by atoms with Gasteiger partial charge < -0.3 is 9.13 Å². The van der Waals surface area contributed by atoms with E-state index < -0.39 is 35.2 Å². The second-order valence-electron chi connectivity index (χ2n) is 12.6. The molecule has 0 saturated heterocycles. The molecule has 0 fully saturated rings. The second-order valence-corrected chi connectivity index (χ2v) is 12.6. The van der Waals surface area contributed by atoms with Crippen molar-refractivity contribution < 1.29 is 39.5 Å². The monoisotopic (exact) mass is 728 g/mol. The number of nitrogens with zero attached hydrogens (tertiary/aromatic N) is 4. The van der Waals surface area contributed by atoms with E-state index in [9.17, 15) is 44.8 Å². The van der Waals surface area contributed by atoms with E-state index in [0.29, 0.717) is 21.9 Å². The molecule has 0 saturated carbocycles. The molecular formula is C40H21F9N4. The molecule has 0 atom stereocenters. The van der Waals surface area contributed by atoms with Crippen LogP contribution in [0, 0.1) is 18.3 Å². The second kappa shape index (κ2) is 11.6. The molecule has 0 spiro atoms. The van der Waals surface area contributed by atoms with Gasteiger partial charge in [0.05, 0.1) is 74.2 Å². The maximum Gasteiger partial charge on any atom is 0.416 e. The molecular weight excluding hydrogens is 707 g/mol. The number of aryl methyl sites for hydroxylation is 1. The number of fused-ring (bicyclic) bond motifs is 6. The Morgan fingerprint density at radius 3 is 1.26 bits per heavy atom. The van der Waals surface area contributed by atoms with Crippen molar-refractivity contribution in [1.82, 2.24) is 14.1 Å². The summed E-state index contributed by atoms with van der Waals surface area (Å²) < 4.78 is 130. The third kappa shape index (κ3) is 5.53. The number of pyridine rings is 1. The summed E-state index contributed by atoms with van der Waals surface area (Å²) in [6, 6.07) is 22.5. The van der Waals surface area contributed by atoms with Crippen LogP contribution in [-0.2, 0) is 18.5 Å². The first-order valence-electron chi connectivity index (χ1n) is 15.9. The lowest BCUT2D eigenvalue weighted by Gasteiger charge is -2.20. The SMILES string of the molecule is Cc1ccc2c3ccc(C(F)(F)F)cc3n(-c3cncc(-n4c5cc(C(F)(F)F)ccc5c5ccc(C(F)(F)F)cc54)c3-c3ccc(C#N)cc3)c2c1. The molecule has 13 heteroatoms. The highest BCUT2D eigenvalue weighted by Crippen LogP contribution is 2.45. The molecule has 0 N–H and O–H groups in total. The molecule has 264 valence electrons. The summed E-state index contributed by atoms with van der Waals surface area (Å²) in [6.45, 7) is 1.80. The predicted octanol–water partition coefficient (Wildman–Crippen LogP) is 12.2. The topological polar surface area (TPSA) is 46.5 Å². The lowest BCUT2D eigenvalue weighted by Crippen LogP contribution is -2.08. The number of hydrogen-bond donors (Lipinski definition) is 0. The zero-order valence-electron chi connectivity index (χ0n) is 27.1. The number of hydrogen-bond acceptors (Lipinski definition) is 2. The minimum atomic E-state index is -4.81. The van der Waals surface area contributed by atoms with Crippen LogP contribution in [0.5, 0.6) is 0 Å². The highest BCUT2D eigenvalue weighted by atomic mass is 19.4. The van der Waals surface area contributed by atoms with Gasteiger partial charge in [0.2, 0.25) is 0 Å². The largest absolute Gasteiger partial charge is 0.416 e. The van der Waals surface area contributed by atoms with Gasteiger partial charge in [0.25, 0.3) is 0 Å². The number of rotatable bonds is 3. The van der Waals surface area contributed by atoms with Crippen molar-refractivity contribution in [3.05, 3.63) is 137 Å². The average molecular weight is 729 g/mol. The number of benzene rings is 5. The Kier molecular flexibility index (Phi) is 7.41. The highest BCUT2D eigenvalue weighted by Gasteiger charge is 2.35. The van der Waals surface area contributed by atoms with Gasteiger partial charge in [0, 0.05) is 27.1 Å². The van der Waals surface area contributed by atoms with Gasteiger partial charge in [-0.3, -0.25) is 4.98 Å². The van der Waals surface area contributed by atoms with E-state index in [1.54, 1.807) is 41.8 Å². The van der Waals surface area contributed by atoms with Crippen LogP contribution in [0.1, 0.15) is 27.8 Å². The molecule has 0 bridgehead atoms. The van der Waals surface area contributed by atoms with Crippen molar-refractivity contribution in [2.24, 2.45) is 0 Å². The third-order valence-electron chi connectivity index (χ3n) is 9.36. The lowest BCUT2D eigenvalue weighted by atomic mass is 10.0. The predicted molar refractivity (Wildman–Crippen MR) is 183 cm³/mol. The van der Waals surface area contributed by atoms with Crippen molar-refractivity contribution in [1.29, 1.82) is 5.26 Å². The van der Waals surface area contributed by atoms with Gasteiger partial charge in [-0.05, 0) is 72.6 Å². The van der Waals surface area contributed by atoms with Crippen molar-refractivity contribution in [3.8, 4) is 28.6 Å². The van der Waals surface area contributed by atoms with Crippen LogP contribution in [0.15, 0.2) is 109 Å². The summed E-state index contributed by atoms with van der Waals surface area (Å²) in [4.78, 5) is 4.42. The standard InChI is InChI=1S/C40H21F9N4/c1-21-2-10-27-28-11-7-24(38(41,42)43)15-32(28)52(31(27)14-21)35-19-51-20-36(37(35)23-5-3-22(18-50)4-6-23)53-33-16-25(39(44,45)46)8-12-29(33)30-13-9-26(17-34(30)53)40(47,48)49/h2-17,19-20H,1H3. The summed E-state index contributed by atoms with van der Waals surface area (Å²) in [5.74, 6) is 0. The summed E-state index contributed by atoms with van der Waals surface area (Å²) in [5, 5.41) is 11.0. The maximum absolute atomic E-state index is 14.2. The van der Waals surface area contributed by atoms with E-state index in [-0.39, 0.29) is 49.8 Å². The first kappa shape index (κ1) is 33.8. The van der Waals surface area contributed by atoms with Crippen LogP contribution in [0.4, 0.5) is 39.5 Å². The van der Waals surface area contributed by atoms with E-state index in [4.69, 9.17) is 0 Å². The average Bonchev–Trinajstić information content (AvgIpc) is 3.61. The molecule has 0 unspecified atom stereocenters. The van der Waals surface area contributed by atoms with E-state index in [2.05, 4.69) is 4.98 Å². The Labute approximate surface area is 293 Å². The number of halogens is 9. The van der Waals surface area contributed by atoms with Crippen LogP contribution < -0.4 is 0 Å². The zero-order valence-corrected chi connectivity index (χ0v) is 27.1. The number of nitriles is 1. The van der Waals surface area contributed by atoms with Crippen molar-refractivity contribution >= 4 is 43.6 Å². The van der Waals surface area contributed by atoms with Gasteiger partial charge in [-0.2, -0.15) is 44.8 Å². The van der Waals surface area contributed by atoms with Crippen molar-refractivity contribution in [2.75, 3.05) is 0 Å². The Morgan fingerprint density at radius 1 is 0.509 bits per heavy atom. The fourth-order valence-corrected chi connectivity index (χ4v) is 6.98. The summed E-state index contributed by atoms with van der Waals surface area (Å²) in [6.07, 6.45) is -11.7. The molecule has 3 heterocycles. The van der Waals surface area contributed by atoms with Crippen LogP contribution >= 0.6 is 0 Å². The highest BCUT2D eigenvalue weighted by molar-refractivity contribution is 6.12. The maximum atomic E-state index is 14.2. The van der Waals surface area contributed by atoms with Gasteiger partial charge in [0.15, 0.2) is 0 Å². The van der Waals surface area contributed by atoms with Crippen LogP contribution in [0.2, 0.25) is 0 Å². The quantitative estimate of drug-likeness (QED) is 0.170. The van der Waals surface area contributed by atoms with Crippen LogP contribution in [0.25, 0.3) is 66.1 Å². The van der Waals surface area contributed by atoms with Gasteiger partial charge in [-0.25, -0.2) is 0 Å². The van der Waals surface area contributed by atoms with Crippen molar-refractivity contribution in [3.63, 3.8) is 0 Å². The van der Waals surface area contributed by atoms with E-state index in [0.717, 1.165) is 42.0 Å². The molecule has 4 nitrogen and oxygen atoms in total. The molecule has 0 aliphatic heterocycles. The molecule has 8 rings (SSSR count). The summed E-state index contributed by atoms with van der Waals surface area (Å²) >= 11 is 0. The normalized spacial score (nSPS) is 12.7. The Balaban J connectivity index is 1.57. The molecule has 0 radical (unpaired) electrons. The smallest absolute Gasteiger partial charge is 0.307 e. The first-order chi connectivity index (χ1) is 25.0. The first-order valence-corrected chi connectivity index (χ1v) is 15.9. The minimum Gasteiger partial charge on any atom is -0.307 e. The van der Waals surface area contributed by atoms with Crippen LogP contribution in [0.3, 0.4) is 0 Å². The molecule has 0 aliphatic carbocycles. The van der Waals surface area contributed by atoms with Gasteiger partial charge in [-0.15, -0.1) is 0 Å². The molecule has 5 aromatic carbocycles. The molecule has 53 heavy (non-hydrogen) atoms. The van der Waals surface area contributed by atoms with E-state index in [1.165, 1.54) is 47.3 Å². The molecule has 8 aromatic rings. The van der Waals surface area contributed by atoms with Gasteiger partial charge in [0.1, 0.15) is 0 Å². The van der Waals surface area contributed by atoms with Crippen molar-refractivity contribution in [2.45, 2.75) is 25.5 Å². The molecule has 0 amide bonds. The van der Waals surface area contributed by atoms with E-state index in [1.807, 2.05) is 6.07 Å². The minimum absolute atomic E-state index is 0.0421. The molecule has 3 aromatic heterocycles. The Bertz CT molecular complexity index is 2740. The number of alkyl halides is 9. The van der Waals surface area contributed by atoms with Gasteiger partial charge >= 0.3 is 18.5 Å². The fourth-order valence-electron chi connectivity index (χ4n) is 6.98. The number of aromatic nitrogens is 3. The Hall–Kier alpha value is -6.29. The zero-order chi connectivity index (χ0) is 37.6. The lowest BCUT2D eigenvalue weighted by molar-refractivity contribution is -0.138. The Morgan fingerprint density at radius 2 is 0.887 bits per heavy atom. The summed E-state index contributed by atoms with van der Waals surface area (Å²) in [5.41, 5.74) is -0.749. The molecule has 0 aliphatic rings. The fraction of sp³-hybridized carbons (Fsp3) is 0.100. The van der Waals surface area contributed by atoms with Gasteiger partial charge in [-0.1, -0.05) is 42.5 Å². The third-order valence-corrected chi connectivity index (χ3v) is 9.36. The summed E-state index contributed by atoms with van der Waals surface area (Å²) in [7, 11) is 0.